The number of halogens is 1. The van der Waals surface area contributed by atoms with Crippen LogP contribution in [0.15, 0.2) is 0 Å². The van der Waals surface area contributed by atoms with Crippen LogP contribution in [-0.4, -0.2) is 25.2 Å². The van der Waals surface area contributed by atoms with Crippen LogP contribution in [0.3, 0.4) is 0 Å². The van der Waals surface area contributed by atoms with E-state index in [1.54, 1.807) is 0 Å². The predicted molar refractivity (Wildman–Crippen MR) is 79.8 cm³/mol. The molecular formula is C15H29ClO3. The Kier molecular flexibility index (Phi) is 13.7. The van der Waals surface area contributed by atoms with Crippen molar-refractivity contribution in [3.05, 3.63) is 0 Å². The van der Waals surface area contributed by atoms with Crippen LogP contribution in [0.1, 0.15) is 65.2 Å². The molecule has 0 rings (SSSR count). The van der Waals surface area contributed by atoms with Crippen molar-refractivity contribution in [1.82, 2.24) is 0 Å². The first-order valence-electron chi connectivity index (χ1n) is 7.52. The van der Waals surface area contributed by atoms with Crippen molar-refractivity contribution in [2.75, 3.05) is 19.1 Å². The second-order valence-corrected chi connectivity index (χ2v) is 5.70. The topological polar surface area (TPSA) is 35.5 Å². The number of carbonyl (C=O) groups is 1. The smallest absolute Gasteiger partial charge is 0.434 e. The van der Waals surface area contributed by atoms with Gasteiger partial charge in [-0.2, -0.15) is 0 Å². The van der Waals surface area contributed by atoms with Gasteiger partial charge in [0.25, 0.3) is 0 Å². The first-order chi connectivity index (χ1) is 9.16. The number of alkyl halides is 1. The Labute approximate surface area is 123 Å². The number of rotatable bonds is 12. The number of carbonyl (C=O) groups excluding carboxylic acids is 1. The minimum atomic E-state index is -0.533. The third-order valence-corrected chi connectivity index (χ3v) is 3.05. The molecule has 114 valence electrons. The standard InChI is InChI=1S/C15H29ClO3/c1-14(2)13-19-15(17)18-12-10-8-6-4-3-5-7-9-11-16/h14H,3-13H2,1-2H3. The third-order valence-electron chi connectivity index (χ3n) is 2.78. The van der Waals surface area contributed by atoms with Crippen LogP contribution in [0.5, 0.6) is 0 Å². The van der Waals surface area contributed by atoms with E-state index in [9.17, 15) is 4.79 Å². The summed E-state index contributed by atoms with van der Waals surface area (Å²) in [6, 6.07) is 0. The van der Waals surface area contributed by atoms with Gasteiger partial charge in [-0.25, -0.2) is 4.79 Å². The molecule has 0 aromatic carbocycles. The Hall–Kier alpha value is -0.440. The monoisotopic (exact) mass is 292 g/mol. The molecule has 0 fully saturated rings. The Morgan fingerprint density at radius 3 is 1.95 bits per heavy atom. The summed E-state index contributed by atoms with van der Waals surface area (Å²) in [6.07, 6.45) is 8.94. The van der Waals surface area contributed by atoms with Crippen LogP contribution in [0.25, 0.3) is 0 Å². The summed E-state index contributed by atoms with van der Waals surface area (Å²) in [5.74, 6) is 1.14. The summed E-state index contributed by atoms with van der Waals surface area (Å²) in [6.45, 7) is 4.91. The first-order valence-corrected chi connectivity index (χ1v) is 8.05. The Balaban J connectivity index is 3.11. The van der Waals surface area contributed by atoms with Crippen molar-refractivity contribution >= 4 is 17.8 Å². The molecule has 0 spiro atoms. The summed E-state index contributed by atoms with van der Waals surface area (Å²) < 4.78 is 9.89. The zero-order valence-electron chi connectivity index (χ0n) is 12.5. The maximum Gasteiger partial charge on any atom is 0.508 e. The highest BCUT2D eigenvalue weighted by atomic mass is 35.5. The second kappa shape index (κ2) is 14.0. The van der Waals surface area contributed by atoms with Crippen molar-refractivity contribution < 1.29 is 14.3 Å². The fraction of sp³-hybridized carbons (Fsp3) is 0.933. The Morgan fingerprint density at radius 2 is 1.42 bits per heavy atom. The predicted octanol–water partition coefficient (Wildman–Crippen LogP) is 5.16. The molecular weight excluding hydrogens is 264 g/mol. The molecule has 4 heteroatoms. The van der Waals surface area contributed by atoms with E-state index in [1.807, 2.05) is 13.8 Å². The van der Waals surface area contributed by atoms with Crippen LogP contribution < -0.4 is 0 Å². The van der Waals surface area contributed by atoms with Gasteiger partial charge in [0.05, 0.1) is 13.2 Å². The fourth-order valence-electron chi connectivity index (χ4n) is 1.69. The van der Waals surface area contributed by atoms with E-state index in [-0.39, 0.29) is 0 Å². The summed E-state index contributed by atoms with van der Waals surface area (Å²) in [5, 5.41) is 0. The van der Waals surface area contributed by atoms with E-state index in [0.717, 1.165) is 25.1 Å². The molecule has 0 aromatic heterocycles. The van der Waals surface area contributed by atoms with Crippen molar-refractivity contribution in [3.63, 3.8) is 0 Å². The van der Waals surface area contributed by atoms with E-state index < -0.39 is 6.16 Å². The molecule has 0 N–H and O–H groups in total. The van der Waals surface area contributed by atoms with Gasteiger partial charge < -0.3 is 9.47 Å². The zero-order valence-corrected chi connectivity index (χ0v) is 13.2. The lowest BCUT2D eigenvalue weighted by atomic mass is 10.1. The summed E-state index contributed by atoms with van der Waals surface area (Å²) in [7, 11) is 0. The molecule has 0 heterocycles. The van der Waals surface area contributed by atoms with Crippen LogP contribution in [-0.2, 0) is 9.47 Å². The molecule has 0 aliphatic rings. The Bertz CT molecular complexity index is 208. The number of ether oxygens (including phenoxy) is 2. The van der Waals surface area contributed by atoms with E-state index in [0.29, 0.717) is 19.1 Å². The quantitative estimate of drug-likeness (QED) is 0.283. The molecule has 3 nitrogen and oxygen atoms in total. The molecule has 19 heavy (non-hydrogen) atoms. The SMILES string of the molecule is CC(C)COC(=O)OCCCCCCCCCCCl. The van der Waals surface area contributed by atoms with Crippen molar-refractivity contribution in [2.24, 2.45) is 5.92 Å². The zero-order chi connectivity index (χ0) is 14.3. The summed E-state index contributed by atoms with van der Waals surface area (Å²) in [5.41, 5.74) is 0. The summed E-state index contributed by atoms with van der Waals surface area (Å²) in [4.78, 5) is 11.1. The van der Waals surface area contributed by atoms with Crippen molar-refractivity contribution in [1.29, 1.82) is 0 Å². The maximum atomic E-state index is 11.1. The normalized spacial score (nSPS) is 10.7. The molecule has 0 unspecified atom stereocenters. The van der Waals surface area contributed by atoms with Gasteiger partial charge in [-0.05, 0) is 18.8 Å². The van der Waals surface area contributed by atoms with Crippen LogP contribution in [0.4, 0.5) is 4.79 Å². The van der Waals surface area contributed by atoms with Gasteiger partial charge in [-0.3, -0.25) is 0 Å². The van der Waals surface area contributed by atoms with E-state index in [4.69, 9.17) is 21.1 Å². The van der Waals surface area contributed by atoms with Crippen LogP contribution >= 0.6 is 11.6 Å². The Morgan fingerprint density at radius 1 is 0.895 bits per heavy atom. The van der Waals surface area contributed by atoms with Gasteiger partial charge >= 0.3 is 6.16 Å². The van der Waals surface area contributed by atoms with Gasteiger partial charge in [0, 0.05) is 5.88 Å². The largest absolute Gasteiger partial charge is 0.508 e. The minimum Gasteiger partial charge on any atom is -0.434 e. The first kappa shape index (κ1) is 18.6. The minimum absolute atomic E-state index is 0.353. The average Bonchev–Trinajstić information content (AvgIpc) is 2.38. The summed E-state index contributed by atoms with van der Waals surface area (Å²) >= 11 is 5.61. The second-order valence-electron chi connectivity index (χ2n) is 5.32. The number of hydrogen-bond acceptors (Lipinski definition) is 3. The molecule has 0 saturated heterocycles. The molecule has 0 bridgehead atoms. The highest BCUT2D eigenvalue weighted by molar-refractivity contribution is 6.17. The van der Waals surface area contributed by atoms with Gasteiger partial charge in [-0.1, -0.05) is 52.4 Å². The van der Waals surface area contributed by atoms with E-state index in [2.05, 4.69) is 0 Å². The van der Waals surface area contributed by atoms with Gasteiger partial charge in [0.2, 0.25) is 0 Å². The number of unbranched alkanes of at least 4 members (excludes halogenated alkanes) is 7. The highest BCUT2D eigenvalue weighted by Gasteiger charge is 2.04. The average molecular weight is 293 g/mol. The molecule has 0 saturated carbocycles. The van der Waals surface area contributed by atoms with Gasteiger partial charge in [0.1, 0.15) is 0 Å². The fourth-order valence-corrected chi connectivity index (χ4v) is 1.88. The van der Waals surface area contributed by atoms with Gasteiger partial charge in [0.15, 0.2) is 0 Å². The maximum absolute atomic E-state index is 11.1. The van der Waals surface area contributed by atoms with Crippen LogP contribution in [0.2, 0.25) is 0 Å². The van der Waals surface area contributed by atoms with E-state index >= 15 is 0 Å². The lowest BCUT2D eigenvalue weighted by Gasteiger charge is -2.07. The third kappa shape index (κ3) is 15.5. The lowest BCUT2D eigenvalue weighted by molar-refractivity contribution is 0.0465. The van der Waals surface area contributed by atoms with Crippen molar-refractivity contribution in [2.45, 2.75) is 65.2 Å². The van der Waals surface area contributed by atoms with Crippen LogP contribution in [0, 0.1) is 5.92 Å². The molecule has 0 radical (unpaired) electrons. The molecule has 0 aliphatic heterocycles. The lowest BCUT2D eigenvalue weighted by Crippen LogP contribution is -2.12. The highest BCUT2D eigenvalue weighted by Crippen LogP contribution is 2.09. The molecule has 0 amide bonds. The van der Waals surface area contributed by atoms with Gasteiger partial charge in [-0.15, -0.1) is 11.6 Å². The van der Waals surface area contributed by atoms with Crippen molar-refractivity contribution in [3.8, 4) is 0 Å². The number of hydrogen-bond donors (Lipinski definition) is 0. The molecule has 0 aromatic rings. The van der Waals surface area contributed by atoms with E-state index in [1.165, 1.54) is 32.1 Å². The molecule has 0 atom stereocenters. The molecule has 0 aliphatic carbocycles.